The van der Waals surface area contributed by atoms with Crippen LogP contribution in [-0.4, -0.2) is 12.4 Å². The Morgan fingerprint density at radius 2 is 1.95 bits per heavy atom. The highest BCUT2D eigenvalue weighted by Gasteiger charge is 2.15. The summed E-state index contributed by atoms with van der Waals surface area (Å²) in [6, 6.07) is 10.5. The first-order valence-electron chi connectivity index (χ1n) is 6.45. The first kappa shape index (κ1) is 16.5. The quantitative estimate of drug-likeness (QED) is 0.551. The molecule has 0 saturated carbocycles. The van der Waals surface area contributed by atoms with E-state index in [0.717, 1.165) is 21.1 Å². The molecule has 0 N–H and O–H groups in total. The monoisotopic (exact) mass is 430 g/mol. The van der Waals surface area contributed by atoms with E-state index >= 15 is 0 Å². The van der Waals surface area contributed by atoms with Gasteiger partial charge in [-0.15, -0.1) is 0 Å². The van der Waals surface area contributed by atoms with Crippen LogP contribution in [0.5, 0.6) is 5.75 Å². The maximum absolute atomic E-state index is 12.5. The minimum absolute atomic E-state index is 0.121. The van der Waals surface area contributed by atoms with E-state index < -0.39 is 0 Å². The van der Waals surface area contributed by atoms with Crippen LogP contribution in [0.25, 0.3) is 0 Å². The molecule has 0 aliphatic carbocycles. The summed E-state index contributed by atoms with van der Waals surface area (Å²) in [6.07, 6.45) is 0.931. The van der Waals surface area contributed by atoms with Crippen molar-refractivity contribution < 1.29 is 9.53 Å². The molecule has 2 aromatic rings. The predicted octanol–water partition coefficient (Wildman–Crippen LogP) is 5.88. The van der Waals surface area contributed by atoms with E-state index in [4.69, 9.17) is 16.3 Å². The fourth-order valence-corrected chi connectivity index (χ4v) is 2.86. The summed E-state index contributed by atoms with van der Waals surface area (Å²) >= 11 is 12.9. The lowest BCUT2D eigenvalue weighted by Crippen LogP contribution is -2.03. The Hall–Kier alpha value is -0.840. The second-order valence-corrected chi connectivity index (χ2v) is 6.62. The zero-order valence-corrected chi connectivity index (χ0v) is 15.3. The number of hydrogen-bond donors (Lipinski definition) is 0. The van der Waals surface area contributed by atoms with E-state index in [1.165, 1.54) is 0 Å². The molecule has 110 valence electrons. The average molecular weight is 433 g/mol. The molecule has 0 atom stereocenters. The maximum atomic E-state index is 12.5. The van der Waals surface area contributed by atoms with Crippen molar-refractivity contribution in [2.45, 2.75) is 13.3 Å². The van der Waals surface area contributed by atoms with Gasteiger partial charge in [-0.3, -0.25) is 4.79 Å². The van der Waals surface area contributed by atoms with Gasteiger partial charge in [-0.25, -0.2) is 0 Å². The Balaban J connectivity index is 2.31. The molecule has 0 unspecified atom stereocenters. The van der Waals surface area contributed by atoms with Gasteiger partial charge in [-0.05, 0) is 58.7 Å². The second-order valence-electron chi connectivity index (χ2n) is 4.45. The third-order valence-electron chi connectivity index (χ3n) is 2.83. The molecule has 0 bridgehead atoms. The second kappa shape index (κ2) is 7.43. The fourth-order valence-electron chi connectivity index (χ4n) is 1.80. The Bertz CT molecular complexity index is 671. The lowest BCUT2D eigenvalue weighted by atomic mass is 10.0. The SMILES string of the molecule is CCCOc1ccc(C(=O)c2cc(Br)ccc2Cl)cc1Br. The van der Waals surface area contributed by atoms with Gasteiger partial charge in [0.25, 0.3) is 0 Å². The molecule has 0 aromatic heterocycles. The molecule has 2 aromatic carbocycles. The van der Waals surface area contributed by atoms with Gasteiger partial charge in [-0.2, -0.15) is 0 Å². The van der Waals surface area contributed by atoms with E-state index in [-0.39, 0.29) is 5.78 Å². The number of carbonyl (C=O) groups excluding carboxylic acids is 1. The van der Waals surface area contributed by atoms with Crippen LogP contribution in [0.4, 0.5) is 0 Å². The first-order valence-corrected chi connectivity index (χ1v) is 8.41. The van der Waals surface area contributed by atoms with Gasteiger partial charge in [0.05, 0.1) is 16.1 Å². The normalized spacial score (nSPS) is 10.5. The van der Waals surface area contributed by atoms with Crippen molar-refractivity contribution in [3.05, 3.63) is 61.5 Å². The van der Waals surface area contributed by atoms with Crippen LogP contribution in [0.1, 0.15) is 29.3 Å². The van der Waals surface area contributed by atoms with E-state index in [1.54, 1.807) is 36.4 Å². The Kier molecular flexibility index (Phi) is 5.85. The highest BCUT2D eigenvalue weighted by atomic mass is 79.9. The van der Waals surface area contributed by atoms with Crippen molar-refractivity contribution in [1.82, 2.24) is 0 Å². The molecule has 0 aliphatic rings. The Morgan fingerprint density at radius 1 is 1.19 bits per heavy atom. The summed E-state index contributed by atoms with van der Waals surface area (Å²) in [5.41, 5.74) is 1.03. The molecule has 0 heterocycles. The van der Waals surface area contributed by atoms with Gasteiger partial charge >= 0.3 is 0 Å². The van der Waals surface area contributed by atoms with Crippen molar-refractivity contribution in [3.63, 3.8) is 0 Å². The molecule has 0 radical (unpaired) electrons. The summed E-state index contributed by atoms with van der Waals surface area (Å²) < 4.78 is 7.15. The topological polar surface area (TPSA) is 26.3 Å². The molecular weight excluding hydrogens is 419 g/mol. The summed E-state index contributed by atoms with van der Waals surface area (Å²) in [7, 11) is 0. The van der Waals surface area contributed by atoms with Crippen molar-refractivity contribution in [2.75, 3.05) is 6.61 Å². The van der Waals surface area contributed by atoms with Gasteiger partial charge < -0.3 is 4.74 Å². The number of ether oxygens (including phenoxy) is 1. The third-order valence-corrected chi connectivity index (χ3v) is 4.27. The van der Waals surface area contributed by atoms with Crippen LogP contribution in [0.2, 0.25) is 5.02 Å². The molecular formula is C16H13Br2ClO2. The average Bonchev–Trinajstić information content (AvgIpc) is 2.47. The first-order chi connectivity index (χ1) is 10.0. The highest BCUT2D eigenvalue weighted by Crippen LogP contribution is 2.29. The van der Waals surface area contributed by atoms with Crippen molar-refractivity contribution in [3.8, 4) is 5.75 Å². The molecule has 0 saturated heterocycles. The molecule has 0 amide bonds. The van der Waals surface area contributed by atoms with Crippen molar-refractivity contribution in [1.29, 1.82) is 0 Å². The van der Waals surface area contributed by atoms with Crippen molar-refractivity contribution in [2.24, 2.45) is 0 Å². The lowest BCUT2D eigenvalue weighted by molar-refractivity contribution is 0.103. The Morgan fingerprint density at radius 3 is 2.62 bits per heavy atom. The molecule has 2 rings (SSSR count). The number of carbonyl (C=O) groups is 1. The van der Waals surface area contributed by atoms with Crippen LogP contribution >= 0.6 is 43.5 Å². The largest absolute Gasteiger partial charge is 0.492 e. The number of halogens is 3. The number of benzene rings is 2. The number of hydrogen-bond acceptors (Lipinski definition) is 2. The van der Waals surface area contributed by atoms with Crippen molar-refractivity contribution >= 4 is 49.2 Å². The molecule has 5 heteroatoms. The van der Waals surface area contributed by atoms with E-state index in [9.17, 15) is 4.79 Å². The standard InChI is InChI=1S/C16H13Br2ClO2/c1-2-7-21-15-6-3-10(8-13(15)18)16(20)12-9-11(17)4-5-14(12)19/h3-6,8-9H,2,7H2,1H3. The molecule has 0 fully saturated rings. The fraction of sp³-hybridized carbons (Fsp3) is 0.188. The van der Waals surface area contributed by atoms with Gasteiger partial charge in [0.15, 0.2) is 5.78 Å². The van der Waals surface area contributed by atoms with Crippen LogP contribution in [0.3, 0.4) is 0 Å². The van der Waals surface area contributed by atoms with Crippen LogP contribution in [-0.2, 0) is 0 Å². The van der Waals surface area contributed by atoms with E-state index in [1.807, 2.05) is 6.92 Å². The van der Waals surface area contributed by atoms with Gasteiger partial charge in [0.1, 0.15) is 5.75 Å². The summed E-state index contributed by atoms with van der Waals surface area (Å²) in [5.74, 6) is 0.609. The minimum atomic E-state index is -0.121. The van der Waals surface area contributed by atoms with Crippen LogP contribution < -0.4 is 4.74 Å². The minimum Gasteiger partial charge on any atom is -0.492 e. The zero-order valence-electron chi connectivity index (χ0n) is 11.3. The molecule has 2 nitrogen and oxygen atoms in total. The van der Waals surface area contributed by atoms with Gasteiger partial charge in [0.2, 0.25) is 0 Å². The molecule has 0 spiro atoms. The molecule has 0 aliphatic heterocycles. The zero-order chi connectivity index (χ0) is 15.4. The Labute approximate surface area is 145 Å². The third kappa shape index (κ3) is 4.09. The number of rotatable bonds is 5. The van der Waals surface area contributed by atoms with Crippen LogP contribution in [0.15, 0.2) is 45.3 Å². The maximum Gasteiger partial charge on any atom is 0.194 e. The van der Waals surface area contributed by atoms with E-state index in [0.29, 0.717) is 22.8 Å². The van der Waals surface area contributed by atoms with Crippen LogP contribution in [0, 0.1) is 0 Å². The smallest absolute Gasteiger partial charge is 0.194 e. The molecule has 21 heavy (non-hydrogen) atoms. The highest BCUT2D eigenvalue weighted by molar-refractivity contribution is 9.10. The van der Waals surface area contributed by atoms with E-state index in [2.05, 4.69) is 31.9 Å². The number of ketones is 1. The summed E-state index contributed by atoms with van der Waals surface area (Å²) in [5, 5.41) is 0.436. The summed E-state index contributed by atoms with van der Waals surface area (Å²) in [4.78, 5) is 12.5. The predicted molar refractivity (Wildman–Crippen MR) is 92.5 cm³/mol. The van der Waals surface area contributed by atoms with Gasteiger partial charge in [0, 0.05) is 15.6 Å². The van der Waals surface area contributed by atoms with Gasteiger partial charge in [-0.1, -0.05) is 34.5 Å². The summed E-state index contributed by atoms with van der Waals surface area (Å²) in [6.45, 7) is 2.68. The lowest BCUT2D eigenvalue weighted by Gasteiger charge is -2.09.